The van der Waals surface area contributed by atoms with Gasteiger partial charge in [0.1, 0.15) is 0 Å². The number of carbonyl (C=O) groups excluding carboxylic acids is 1. The number of hydrogen-bond donors (Lipinski definition) is 1. The Bertz CT molecular complexity index is 955. The Morgan fingerprint density at radius 1 is 1.15 bits per heavy atom. The van der Waals surface area contributed by atoms with Crippen molar-refractivity contribution in [3.8, 4) is 0 Å². The number of aromatic nitrogens is 1. The maximum Gasteiger partial charge on any atom is 0.307 e. The Labute approximate surface area is 162 Å². The smallest absolute Gasteiger partial charge is 0.307 e. The van der Waals surface area contributed by atoms with Crippen molar-refractivity contribution in [3.05, 3.63) is 45.0 Å². The van der Waals surface area contributed by atoms with Crippen molar-refractivity contribution in [2.75, 3.05) is 18.4 Å². The van der Waals surface area contributed by atoms with E-state index in [0.29, 0.717) is 25.3 Å². The minimum atomic E-state index is -3.47. The molecular weight excluding hydrogens is 386 g/mol. The molecule has 1 fully saturated rings. The van der Waals surface area contributed by atoms with Crippen LogP contribution in [0.1, 0.15) is 31.4 Å². The van der Waals surface area contributed by atoms with Crippen LogP contribution in [0.3, 0.4) is 0 Å². The number of hydrogen-bond acceptors (Lipinski definition) is 5. The molecule has 1 saturated heterocycles. The van der Waals surface area contributed by atoms with Gasteiger partial charge in [-0.2, -0.15) is 4.31 Å². The summed E-state index contributed by atoms with van der Waals surface area (Å²) in [5.74, 6) is -0.223. The summed E-state index contributed by atoms with van der Waals surface area (Å²) in [6.45, 7) is 3.27. The van der Waals surface area contributed by atoms with Crippen LogP contribution in [0.25, 0.3) is 0 Å². The van der Waals surface area contributed by atoms with Crippen molar-refractivity contribution in [2.45, 2.75) is 44.0 Å². The first-order valence-electron chi connectivity index (χ1n) is 8.93. The molecule has 1 aliphatic rings. The van der Waals surface area contributed by atoms with E-state index in [4.69, 9.17) is 0 Å². The highest BCUT2D eigenvalue weighted by Crippen LogP contribution is 2.22. The fourth-order valence-electron chi connectivity index (χ4n) is 3.08. The highest BCUT2D eigenvalue weighted by Gasteiger charge is 2.25. The maximum absolute atomic E-state index is 12.6. The lowest BCUT2D eigenvalue weighted by Crippen LogP contribution is -2.35. The van der Waals surface area contributed by atoms with Gasteiger partial charge >= 0.3 is 4.87 Å². The van der Waals surface area contributed by atoms with E-state index < -0.39 is 10.0 Å². The quantitative estimate of drug-likeness (QED) is 0.794. The molecule has 2 aromatic rings. The molecule has 27 heavy (non-hydrogen) atoms. The number of piperidine rings is 1. The van der Waals surface area contributed by atoms with Gasteiger partial charge in [0, 0.05) is 42.8 Å². The van der Waals surface area contributed by atoms with Crippen molar-refractivity contribution in [1.29, 1.82) is 0 Å². The molecule has 1 aromatic carbocycles. The first kappa shape index (κ1) is 19.8. The van der Waals surface area contributed by atoms with Gasteiger partial charge in [-0.25, -0.2) is 8.42 Å². The monoisotopic (exact) mass is 409 g/mol. The Kier molecular flexibility index (Phi) is 6.13. The zero-order chi connectivity index (χ0) is 19.4. The standard InChI is InChI=1S/C18H23N3O4S2/c1-14-13-26-18(23)21(14)12-9-17(22)19-15-5-7-16(8-6-15)27(24,25)20-10-3-2-4-11-20/h5-8,13H,2-4,9-12H2,1H3,(H,19,22). The van der Waals surface area contributed by atoms with Crippen LogP contribution in [0.15, 0.2) is 39.3 Å². The lowest BCUT2D eigenvalue weighted by molar-refractivity contribution is -0.116. The number of carbonyl (C=O) groups is 1. The Morgan fingerprint density at radius 3 is 2.41 bits per heavy atom. The second-order valence-electron chi connectivity index (χ2n) is 6.58. The molecule has 2 heterocycles. The van der Waals surface area contributed by atoms with E-state index in [1.54, 1.807) is 22.1 Å². The molecule has 0 saturated carbocycles. The second-order valence-corrected chi connectivity index (χ2v) is 9.34. The molecule has 7 nitrogen and oxygen atoms in total. The van der Waals surface area contributed by atoms with E-state index in [-0.39, 0.29) is 22.1 Å². The van der Waals surface area contributed by atoms with Crippen LogP contribution in [0, 0.1) is 6.92 Å². The van der Waals surface area contributed by atoms with Gasteiger partial charge in [-0.1, -0.05) is 17.8 Å². The van der Waals surface area contributed by atoms with Gasteiger partial charge in [-0.3, -0.25) is 9.59 Å². The van der Waals surface area contributed by atoms with Crippen molar-refractivity contribution in [2.24, 2.45) is 0 Å². The van der Waals surface area contributed by atoms with Crippen LogP contribution >= 0.6 is 11.3 Å². The fraction of sp³-hybridized carbons (Fsp3) is 0.444. The number of anilines is 1. The zero-order valence-electron chi connectivity index (χ0n) is 15.2. The average molecular weight is 410 g/mol. The van der Waals surface area contributed by atoms with Gasteiger partial charge in [0.25, 0.3) is 0 Å². The van der Waals surface area contributed by atoms with Crippen LogP contribution in [0.4, 0.5) is 5.69 Å². The molecule has 0 unspecified atom stereocenters. The number of rotatable bonds is 6. The minimum absolute atomic E-state index is 0.0763. The fourth-order valence-corrected chi connectivity index (χ4v) is 5.35. The highest BCUT2D eigenvalue weighted by atomic mass is 32.2. The molecule has 0 atom stereocenters. The van der Waals surface area contributed by atoms with Crippen molar-refractivity contribution in [1.82, 2.24) is 8.87 Å². The summed E-state index contributed by atoms with van der Waals surface area (Å²) in [7, 11) is -3.47. The second kappa shape index (κ2) is 8.37. The lowest BCUT2D eigenvalue weighted by atomic mass is 10.2. The summed E-state index contributed by atoms with van der Waals surface area (Å²) >= 11 is 1.12. The first-order valence-corrected chi connectivity index (χ1v) is 11.2. The molecule has 1 N–H and O–H groups in total. The van der Waals surface area contributed by atoms with E-state index in [9.17, 15) is 18.0 Å². The third-order valence-electron chi connectivity index (χ3n) is 4.63. The highest BCUT2D eigenvalue weighted by molar-refractivity contribution is 7.89. The summed E-state index contributed by atoms with van der Waals surface area (Å²) in [5.41, 5.74) is 1.37. The van der Waals surface area contributed by atoms with Crippen molar-refractivity contribution < 1.29 is 13.2 Å². The maximum atomic E-state index is 12.6. The van der Waals surface area contributed by atoms with Gasteiger partial charge in [0.15, 0.2) is 0 Å². The molecule has 0 bridgehead atoms. The van der Waals surface area contributed by atoms with Crippen molar-refractivity contribution in [3.63, 3.8) is 0 Å². The number of amides is 1. The van der Waals surface area contributed by atoms with E-state index in [1.807, 2.05) is 6.92 Å². The first-order chi connectivity index (χ1) is 12.9. The summed E-state index contributed by atoms with van der Waals surface area (Å²) < 4.78 is 28.3. The van der Waals surface area contributed by atoms with Gasteiger partial charge in [0.05, 0.1) is 4.90 Å². The lowest BCUT2D eigenvalue weighted by Gasteiger charge is -2.25. The third-order valence-corrected chi connectivity index (χ3v) is 7.42. The summed E-state index contributed by atoms with van der Waals surface area (Å²) in [6, 6.07) is 6.23. The largest absolute Gasteiger partial charge is 0.326 e. The summed E-state index contributed by atoms with van der Waals surface area (Å²) in [4.78, 5) is 23.9. The molecule has 0 radical (unpaired) electrons. The molecular formula is C18H23N3O4S2. The predicted octanol–water partition coefficient (Wildman–Crippen LogP) is 2.42. The number of aryl methyl sites for hydroxylation is 1. The predicted molar refractivity (Wildman–Crippen MR) is 106 cm³/mol. The van der Waals surface area contributed by atoms with Gasteiger partial charge in [0.2, 0.25) is 15.9 Å². The normalized spacial score (nSPS) is 15.6. The number of nitrogens with zero attached hydrogens (tertiary/aromatic N) is 2. The Balaban J connectivity index is 1.60. The molecule has 0 spiro atoms. The number of nitrogens with one attached hydrogen (secondary N) is 1. The van der Waals surface area contributed by atoms with Crippen LogP contribution in [0.2, 0.25) is 0 Å². The van der Waals surface area contributed by atoms with Crippen LogP contribution in [-0.2, 0) is 21.4 Å². The molecule has 1 aliphatic heterocycles. The molecule has 1 amide bonds. The Morgan fingerprint density at radius 2 is 1.81 bits per heavy atom. The average Bonchev–Trinajstić information content (AvgIpc) is 2.99. The van der Waals surface area contributed by atoms with E-state index in [2.05, 4.69) is 5.32 Å². The number of thiazole rings is 1. The number of benzene rings is 1. The molecule has 3 rings (SSSR count). The van der Waals surface area contributed by atoms with Gasteiger partial charge < -0.3 is 9.88 Å². The SMILES string of the molecule is Cc1csc(=O)n1CCC(=O)Nc1ccc(S(=O)(=O)N2CCCCC2)cc1. The topological polar surface area (TPSA) is 88.5 Å². The van der Waals surface area contributed by atoms with Crippen molar-refractivity contribution >= 4 is 33.0 Å². The van der Waals surface area contributed by atoms with E-state index in [1.165, 1.54) is 16.4 Å². The third kappa shape index (κ3) is 4.66. The molecule has 146 valence electrons. The van der Waals surface area contributed by atoms with Gasteiger partial charge in [-0.05, 0) is 44.0 Å². The van der Waals surface area contributed by atoms with Gasteiger partial charge in [-0.15, -0.1) is 0 Å². The minimum Gasteiger partial charge on any atom is -0.326 e. The summed E-state index contributed by atoms with van der Waals surface area (Å²) in [5, 5.41) is 4.51. The van der Waals surface area contributed by atoms with Crippen LogP contribution in [0.5, 0.6) is 0 Å². The Hall–Kier alpha value is -1.97. The zero-order valence-corrected chi connectivity index (χ0v) is 16.8. The van der Waals surface area contributed by atoms with E-state index in [0.717, 1.165) is 36.3 Å². The molecule has 0 aliphatic carbocycles. The molecule has 1 aromatic heterocycles. The van der Waals surface area contributed by atoms with E-state index >= 15 is 0 Å². The van der Waals surface area contributed by atoms with Crippen LogP contribution in [-0.4, -0.2) is 36.3 Å². The summed E-state index contributed by atoms with van der Waals surface area (Å²) in [6.07, 6.45) is 3.01. The van der Waals surface area contributed by atoms with Crippen LogP contribution < -0.4 is 10.2 Å². The molecule has 9 heteroatoms. The number of sulfonamides is 1.